The average molecular weight is 425 g/mol. The van der Waals surface area contributed by atoms with Gasteiger partial charge in [0, 0.05) is 36.0 Å². The molecule has 7 nitrogen and oxygen atoms in total. The molecule has 0 atom stereocenters. The van der Waals surface area contributed by atoms with Crippen molar-refractivity contribution >= 4 is 28.1 Å². The van der Waals surface area contributed by atoms with Gasteiger partial charge in [-0.15, -0.1) is 10.2 Å². The number of nitrogens with zero attached hydrogens (tertiary/aromatic N) is 3. The molecule has 0 aliphatic carbocycles. The number of methoxy groups -OCH3 is 2. The molecule has 156 valence electrons. The van der Waals surface area contributed by atoms with Crippen molar-refractivity contribution in [1.29, 1.82) is 0 Å². The number of amides is 1. The second kappa shape index (κ2) is 9.13. The molecule has 3 aromatic rings. The lowest BCUT2D eigenvalue weighted by Crippen LogP contribution is -2.29. The molecule has 1 aliphatic rings. The number of nitrogens with one attached hydrogen (secondary N) is 1. The molecule has 0 bridgehead atoms. The Morgan fingerprint density at radius 2 is 1.63 bits per heavy atom. The standard InChI is InChI=1S/C22H24N4O3S/c1-28-18-12-16(13-19(14-18)29-2)21-24-25-22(30-21)23-20(27)15-6-8-17(9-7-15)26-10-4-3-5-11-26/h6-9,12-14H,3-5,10-11H2,1-2H3,(H,23,25,27). The fourth-order valence-electron chi connectivity index (χ4n) is 3.47. The number of carbonyl (C=O) groups is 1. The number of rotatable bonds is 6. The third-order valence-corrected chi connectivity index (χ3v) is 5.98. The molecule has 0 unspecified atom stereocenters. The molecule has 1 N–H and O–H groups in total. The van der Waals surface area contributed by atoms with E-state index in [2.05, 4.69) is 20.4 Å². The molecule has 1 aliphatic heterocycles. The number of ether oxygens (including phenoxy) is 2. The monoisotopic (exact) mass is 424 g/mol. The van der Waals surface area contributed by atoms with Crippen molar-refractivity contribution in [3.05, 3.63) is 48.0 Å². The van der Waals surface area contributed by atoms with Crippen molar-refractivity contribution < 1.29 is 14.3 Å². The first-order valence-electron chi connectivity index (χ1n) is 9.89. The van der Waals surface area contributed by atoms with E-state index in [1.54, 1.807) is 20.3 Å². The maximum Gasteiger partial charge on any atom is 0.257 e. The summed E-state index contributed by atoms with van der Waals surface area (Å²) < 4.78 is 10.6. The average Bonchev–Trinajstić information content (AvgIpc) is 3.28. The zero-order valence-electron chi connectivity index (χ0n) is 17.1. The van der Waals surface area contributed by atoms with Crippen LogP contribution in [0.4, 0.5) is 10.8 Å². The van der Waals surface area contributed by atoms with Gasteiger partial charge in [-0.25, -0.2) is 0 Å². The second-order valence-electron chi connectivity index (χ2n) is 7.06. The highest BCUT2D eigenvalue weighted by Crippen LogP contribution is 2.33. The molecule has 30 heavy (non-hydrogen) atoms. The highest BCUT2D eigenvalue weighted by Gasteiger charge is 2.15. The molecule has 0 radical (unpaired) electrons. The Balaban J connectivity index is 1.45. The molecule has 4 rings (SSSR count). The SMILES string of the molecule is COc1cc(OC)cc(-c2nnc(NC(=O)c3ccc(N4CCCCC4)cc3)s2)c1. The summed E-state index contributed by atoms with van der Waals surface area (Å²) in [5.41, 5.74) is 2.57. The van der Waals surface area contributed by atoms with E-state index in [0.29, 0.717) is 27.2 Å². The van der Waals surface area contributed by atoms with Crippen molar-refractivity contribution in [2.75, 3.05) is 37.5 Å². The van der Waals surface area contributed by atoms with Crippen LogP contribution in [0.2, 0.25) is 0 Å². The van der Waals surface area contributed by atoms with Crippen molar-refractivity contribution in [3.63, 3.8) is 0 Å². The Morgan fingerprint density at radius 3 is 2.27 bits per heavy atom. The number of hydrogen-bond acceptors (Lipinski definition) is 7. The van der Waals surface area contributed by atoms with E-state index in [1.165, 1.54) is 30.6 Å². The second-order valence-corrected chi connectivity index (χ2v) is 8.04. The smallest absolute Gasteiger partial charge is 0.257 e. The summed E-state index contributed by atoms with van der Waals surface area (Å²) >= 11 is 1.30. The minimum atomic E-state index is -0.203. The maximum atomic E-state index is 12.6. The van der Waals surface area contributed by atoms with Crippen molar-refractivity contribution in [2.24, 2.45) is 0 Å². The van der Waals surface area contributed by atoms with Gasteiger partial charge in [0.05, 0.1) is 14.2 Å². The topological polar surface area (TPSA) is 76.6 Å². The normalized spacial score (nSPS) is 13.7. The van der Waals surface area contributed by atoms with E-state index >= 15 is 0 Å². The lowest BCUT2D eigenvalue weighted by atomic mass is 10.1. The van der Waals surface area contributed by atoms with Crippen LogP contribution in [0.25, 0.3) is 10.6 Å². The van der Waals surface area contributed by atoms with Gasteiger partial charge in [-0.2, -0.15) is 0 Å². The minimum absolute atomic E-state index is 0.203. The molecule has 0 saturated carbocycles. The van der Waals surface area contributed by atoms with Gasteiger partial charge in [0.25, 0.3) is 5.91 Å². The molecule has 1 aromatic heterocycles. The van der Waals surface area contributed by atoms with Gasteiger partial charge in [-0.3, -0.25) is 10.1 Å². The van der Waals surface area contributed by atoms with Gasteiger partial charge in [0.15, 0.2) is 0 Å². The van der Waals surface area contributed by atoms with E-state index in [-0.39, 0.29) is 5.91 Å². The quantitative estimate of drug-likeness (QED) is 0.629. The van der Waals surface area contributed by atoms with Crippen LogP contribution in [0.3, 0.4) is 0 Å². The Morgan fingerprint density at radius 1 is 0.967 bits per heavy atom. The molecule has 2 heterocycles. The van der Waals surface area contributed by atoms with Crippen LogP contribution in [0.5, 0.6) is 11.5 Å². The van der Waals surface area contributed by atoms with Gasteiger partial charge in [0.1, 0.15) is 16.5 Å². The number of benzene rings is 2. The Bertz CT molecular complexity index is 991. The number of piperidine rings is 1. The summed E-state index contributed by atoms with van der Waals surface area (Å²) in [5, 5.41) is 12.2. The van der Waals surface area contributed by atoms with E-state index in [4.69, 9.17) is 9.47 Å². The first kappa shape index (κ1) is 20.2. The number of aromatic nitrogens is 2. The number of carbonyl (C=O) groups excluding carboxylic acids is 1. The Hall–Kier alpha value is -3.13. The predicted molar refractivity (Wildman–Crippen MR) is 119 cm³/mol. The summed E-state index contributed by atoms with van der Waals surface area (Å²) in [6, 6.07) is 13.2. The largest absolute Gasteiger partial charge is 0.497 e. The van der Waals surface area contributed by atoms with Gasteiger partial charge in [-0.1, -0.05) is 11.3 Å². The van der Waals surface area contributed by atoms with E-state index < -0.39 is 0 Å². The van der Waals surface area contributed by atoms with Crippen LogP contribution in [-0.2, 0) is 0 Å². The van der Waals surface area contributed by atoms with Crippen LogP contribution in [0, 0.1) is 0 Å². The third kappa shape index (κ3) is 4.54. The molecular weight excluding hydrogens is 400 g/mol. The summed E-state index contributed by atoms with van der Waals surface area (Å²) in [4.78, 5) is 15.0. The molecule has 2 aromatic carbocycles. The molecule has 1 saturated heterocycles. The molecule has 0 spiro atoms. The number of hydrogen-bond donors (Lipinski definition) is 1. The van der Waals surface area contributed by atoms with Crippen LogP contribution >= 0.6 is 11.3 Å². The lowest BCUT2D eigenvalue weighted by Gasteiger charge is -2.28. The van der Waals surface area contributed by atoms with E-state index in [0.717, 1.165) is 24.3 Å². The predicted octanol–water partition coefficient (Wildman–Crippen LogP) is 4.46. The Kier molecular flexibility index (Phi) is 6.13. The first-order valence-corrected chi connectivity index (χ1v) is 10.7. The minimum Gasteiger partial charge on any atom is -0.497 e. The van der Waals surface area contributed by atoms with Gasteiger partial charge in [-0.05, 0) is 55.7 Å². The van der Waals surface area contributed by atoms with E-state index in [9.17, 15) is 4.79 Å². The van der Waals surface area contributed by atoms with Crippen molar-refractivity contribution in [3.8, 4) is 22.1 Å². The van der Waals surface area contributed by atoms with Crippen molar-refractivity contribution in [1.82, 2.24) is 10.2 Å². The summed E-state index contributed by atoms with van der Waals surface area (Å²) in [6.07, 6.45) is 3.74. The zero-order chi connectivity index (χ0) is 20.9. The number of anilines is 2. The van der Waals surface area contributed by atoms with E-state index in [1.807, 2.05) is 36.4 Å². The highest BCUT2D eigenvalue weighted by atomic mass is 32.1. The molecule has 1 amide bonds. The fraction of sp³-hybridized carbons (Fsp3) is 0.318. The van der Waals surface area contributed by atoms with Crippen LogP contribution in [0.1, 0.15) is 29.6 Å². The van der Waals surface area contributed by atoms with Crippen LogP contribution < -0.4 is 19.7 Å². The Labute approximate surface area is 179 Å². The summed E-state index contributed by atoms with van der Waals surface area (Å²) in [6.45, 7) is 2.16. The lowest BCUT2D eigenvalue weighted by molar-refractivity contribution is 0.102. The van der Waals surface area contributed by atoms with Crippen molar-refractivity contribution in [2.45, 2.75) is 19.3 Å². The summed E-state index contributed by atoms with van der Waals surface area (Å²) in [5.74, 6) is 1.13. The zero-order valence-corrected chi connectivity index (χ0v) is 17.9. The molecular formula is C22H24N4O3S. The molecule has 1 fully saturated rings. The van der Waals surface area contributed by atoms with Crippen LogP contribution in [0.15, 0.2) is 42.5 Å². The third-order valence-electron chi connectivity index (χ3n) is 5.09. The van der Waals surface area contributed by atoms with Gasteiger partial charge in [0.2, 0.25) is 5.13 Å². The fourth-order valence-corrected chi connectivity index (χ4v) is 4.19. The maximum absolute atomic E-state index is 12.6. The van der Waals surface area contributed by atoms with Gasteiger partial charge < -0.3 is 14.4 Å². The van der Waals surface area contributed by atoms with Gasteiger partial charge >= 0.3 is 0 Å². The highest BCUT2D eigenvalue weighted by molar-refractivity contribution is 7.18. The van der Waals surface area contributed by atoms with Crippen LogP contribution in [-0.4, -0.2) is 43.4 Å². The summed E-state index contributed by atoms with van der Waals surface area (Å²) in [7, 11) is 3.20. The first-order chi connectivity index (χ1) is 14.7. The molecule has 8 heteroatoms.